The number of pyridine rings is 1. The van der Waals surface area contributed by atoms with Gasteiger partial charge in [0.05, 0.1) is 11.0 Å². The smallest absolute Gasteiger partial charge is 0.112 e. The van der Waals surface area contributed by atoms with Crippen LogP contribution in [0, 0.1) is 5.41 Å². The minimum Gasteiger partial charge on any atom is -0.428 e. The molecule has 0 atom stereocenters. The van der Waals surface area contributed by atoms with Crippen molar-refractivity contribution in [1.29, 1.82) is 5.41 Å². The van der Waals surface area contributed by atoms with Gasteiger partial charge in [0.2, 0.25) is 0 Å². The molecule has 2 N–H and O–H groups in total. The Balaban J connectivity index is 2.25. The van der Waals surface area contributed by atoms with Gasteiger partial charge in [-0.05, 0) is 37.1 Å². The zero-order valence-electron chi connectivity index (χ0n) is 9.56. The molecule has 88 valence electrons. The van der Waals surface area contributed by atoms with Gasteiger partial charge in [0.1, 0.15) is 5.69 Å². The molecule has 0 aromatic carbocycles. The number of nitrogens with zero attached hydrogens (tertiary/aromatic N) is 2. The van der Waals surface area contributed by atoms with E-state index in [2.05, 4.69) is 4.90 Å². The molecule has 4 nitrogen and oxygen atoms in total. The maximum atomic E-state index is 9.94. The summed E-state index contributed by atoms with van der Waals surface area (Å²) in [5, 5.41) is 18.3. The molecule has 2 aliphatic heterocycles. The first-order valence-electron chi connectivity index (χ1n) is 5.90. The van der Waals surface area contributed by atoms with Gasteiger partial charge in [-0.25, -0.2) is 0 Å². The number of benzene rings is 1. The van der Waals surface area contributed by atoms with Crippen molar-refractivity contribution >= 4 is 5.69 Å². The molecule has 2 heterocycles. The van der Waals surface area contributed by atoms with Crippen LogP contribution in [0.5, 0.6) is 0 Å². The first-order valence-corrected chi connectivity index (χ1v) is 5.90. The van der Waals surface area contributed by atoms with Crippen LogP contribution in [-0.2, 0) is 0 Å². The van der Waals surface area contributed by atoms with Gasteiger partial charge >= 0.3 is 0 Å². The average molecular weight is 229 g/mol. The largest absolute Gasteiger partial charge is 0.428 e. The Kier molecular flexibility index (Phi) is 2.28. The van der Waals surface area contributed by atoms with E-state index in [1.165, 1.54) is 12.8 Å². The molecule has 3 rings (SSSR count). The van der Waals surface area contributed by atoms with E-state index in [1.807, 2.05) is 12.1 Å². The van der Waals surface area contributed by atoms with Crippen molar-refractivity contribution in [3.8, 4) is 11.3 Å². The van der Waals surface area contributed by atoms with Crippen LogP contribution in [0.3, 0.4) is 0 Å². The summed E-state index contributed by atoms with van der Waals surface area (Å²) in [4.78, 5) is 2.27. The van der Waals surface area contributed by atoms with Gasteiger partial charge in [-0.1, -0.05) is 0 Å². The van der Waals surface area contributed by atoms with E-state index in [-0.39, 0.29) is 0 Å². The fourth-order valence-corrected chi connectivity index (χ4v) is 2.51. The number of hydrogen-bond acceptors (Lipinski definition) is 3. The van der Waals surface area contributed by atoms with E-state index in [9.17, 15) is 5.21 Å². The van der Waals surface area contributed by atoms with Crippen molar-refractivity contribution in [2.75, 3.05) is 18.0 Å². The molecule has 4 heteroatoms. The lowest BCUT2D eigenvalue weighted by Gasteiger charge is -2.23. The van der Waals surface area contributed by atoms with E-state index in [1.54, 1.807) is 18.3 Å². The molecule has 0 bridgehead atoms. The summed E-state index contributed by atoms with van der Waals surface area (Å²) in [6.45, 7) is 2.06. The maximum Gasteiger partial charge on any atom is 0.112 e. The van der Waals surface area contributed by atoms with E-state index in [4.69, 9.17) is 5.41 Å². The SMILES string of the molecule is N=c1ccc(N2CCCC2)c2n(O)cccc1-2. The van der Waals surface area contributed by atoms with Crippen LogP contribution in [0.1, 0.15) is 12.8 Å². The molecule has 1 aliphatic carbocycles. The van der Waals surface area contributed by atoms with Crippen LogP contribution in [0.2, 0.25) is 0 Å². The average Bonchev–Trinajstić information content (AvgIpc) is 2.84. The summed E-state index contributed by atoms with van der Waals surface area (Å²) in [5.41, 5.74) is 2.55. The Labute approximate surface area is 99.5 Å². The molecule has 0 unspecified atom stereocenters. The molecule has 1 saturated heterocycles. The van der Waals surface area contributed by atoms with Crippen LogP contribution >= 0.6 is 0 Å². The second-order valence-corrected chi connectivity index (χ2v) is 4.44. The molecule has 0 saturated carbocycles. The lowest BCUT2D eigenvalue weighted by molar-refractivity contribution is 0.189. The van der Waals surface area contributed by atoms with Gasteiger partial charge in [0.25, 0.3) is 0 Å². The Morgan fingerprint density at radius 2 is 1.88 bits per heavy atom. The highest BCUT2D eigenvalue weighted by Crippen LogP contribution is 2.31. The van der Waals surface area contributed by atoms with E-state index < -0.39 is 0 Å². The second kappa shape index (κ2) is 3.80. The summed E-state index contributed by atoms with van der Waals surface area (Å²) < 4.78 is 1.13. The highest BCUT2D eigenvalue weighted by molar-refractivity contribution is 5.76. The molecule has 0 aromatic rings. The third-order valence-corrected chi connectivity index (χ3v) is 3.36. The van der Waals surface area contributed by atoms with Crippen LogP contribution in [0.15, 0.2) is 30.5 Å². The van der Waals surface area contributed by atoms with Gasteiger partial charge < -0.3 is 15.5 Å². The third-order valence-electron chi connectivity index (χ3n) is 3.36. The number of anilines is 1. The summed E-state index contributed by atoms with van der Waals surface area (Å²) >= 11 is 0. The molecule has 0 spiro atoms. The molecule has 0 amide bonds. The van der Waals surface area contributed by atoms with Crippen LogP contribution in [0.4, 0.5) is 5.69 Å². The molecular weight excluding hydrogens is 214 g/mol. The molecule has 1 fully saturated rings. The molecular formula is C13H15N3O. The summed E-state index contributed by atoms with van der Waals surface area (Å²) in [6.07, 6.45) is 4.01. The second-order valence-electron chi connectivity index (χ2n) is 4.44. The standard InChI is InChI=1S/C13H15N3O/c14-11-5-6-12(15-7-1-2-8-15)13-10(11)4-3-9-16(13)17/h3-6,9,14,17H,1-2,7-8H2. The normalized spacial score (nSPS) is 15.6. The fourth-order valence-electron chi connectivity index (χ4n) is 2.51. The minimum atomic E-state index is 0.450. The van der Waals surface area contributed by atoms with Crippen LogP contribution in [0.25, 0.3) is 11.3 Å². The van der Waals surface area contributed by atoms with Crippen molar-refractivity contribution in [1.82, 2.24) is 4.73 Å². The lowest BCUT2D eigenvalue weighted by Crippen LogP contribution is -2.22. The summed E-state index contributed by atoms with van der Waals surface area (Å²) in [6, 6.07) is 7.37. The predicted molar refractivity (Wildman–Crippen MR) is 65.5 cm³/mol. The molecule has 0 aromatic heterocycles. The highest BCUT2D eigenvalue weighted by Gasteiger charge is 2.20. The molecule has 17 heavy (non-hydrogen) atoms. The van der Waals surface area contributed by atoms with E-state index >= 15 is 0 Å². The van der Waals surface area contributed by atoms with Gasteiger partial charge in [0.15, 0.2) is 0 Å². The van der Waals surface area contributed by atoms with Gasteiger partial charge in [-0.2, -0.15) is 4.73 Å². The van der Waals surface area contributed by atoms with Gasteiger partial charge in [-0.15, -0.1) is 0 Å². The fraction of sp³-hybridized carbons (Fsp3) is 0.308. The Morgan fingerprint density at radius 1 is 1.12 bits per heavy atom. The Hall–Kier alpha value is -1.97. The van der Waals surface area contributed by atoms with Crippen molar-refractivity contribution in [2.45, 2.75) is 12.8 Å². The number of rotatable bonds is 1. The first kappa shape index (κ1) is 10.2. The van der Waals surface area contributed by atoms with Crippen molar-refractivity contribution in [2.24, 2.45) is 0 Å². The summed E-state index contributed by atoms with van der Waals surface area (Å²) in [5.74, 6) is 0. The van der Waals surface area contributed by atoms with Crippen molar-refractivity contribution in [3.63, 3.8) is 0 Å². The maximum absolute atomic E-state index is 9.94. The number of hydrogen-bond donors (Lipinski definition) is 2. The van der Waals surface area contributed by atoms with Gasteiger partial charge in [-0.3, -0.25) is 0 Å². The van der Waals surface area contributed by atoms with Gasteiger partial charge in [0, 0.05) is 24.8 Å². The first-order chi connectivity index (χ1) is 8.27. The number of aromatic nitrogens is 1. The predicted octanol–water partition coefficient (Wildman–Crippen LogP) is 1.91. The van der Waals surface area contributed by atoms with E-state index in [0.29, 0.717) is 5.36 Å². The van der Waals surface area contributed by atoms with E-state index in [0.717, 1.165) is 34.8 Å². The Bertz CT molecular complexity index is 569. The quantitative estimate of drug-likeness (QED) is 0.734. The zero-order valence-corrected chi connectivity index (χ0v) is 9.56. The lowest BCUT2D eigenvalue weighted by atomic mass is 10.1. The minimum absolute atomic E-state index is 0.450. The van der Waals surface area contributed by atoms with Crippen molar-refractivity contribution in [3.05, 3.63) is 35.8 Å². The molecule has 3 aliphatic rings. The van der Waals surface area contributed by atoms with Crippen LogP contribution in [-0.4, -0.2) is 23.0 Å². The number of nitrogens with one attached hydrogen (secondary N) is 1. The topological polar surface area (TPSA) is 52.2 Å². The van der Waals surface area contributed by atoms with Crippen LogP contribution < -0.4 is 10.3 Å². The number of fused-ring (bicyclic) bond motifs is 1. The molecule has 0 radical (unpaired) electrons. The highest BCUT2D eigenvalue weighted by atomic mass is 16.5. The monoisotopic (exact) mass is 229 g/mol. The Morgan fingerprint density at radius 3 is 2.65 bits per heavy atom. The third kappa shape index (κ3) is 1.56. The summed E-state index contributed by atoms with van der Waals surface area (Å²) in [7, 11) is 0. The zero-order chi connectivity index (χ0) is 11.8. The van der Waals surface area contributed by atoms with Crippen molar-refractivity contribution < 1.29 is 5.21 Å².